The van der Waals surface area contributed by atoms with Crippen LogP contribution in [0.25, 0.3) is 0 Å². The molecule has 1 saturated heterocycles. The molecule has 0 radical (unpaired) electrons. The number of amides is 1. The van der Waals surface area contributed by atoms with Gasteiger partial charge in [-0.1, -0.05) is 6.92 Å². The third kappa shape index (κ3) is 3.97. The average Bonchev–Trinajstić information content (AvgIpc) is 2.73. The minimum absolute atomic E-state index is 0. The summed E-state index contributed by atoms with van der Waals surface area (Å²) in [4.78, 5) is 34.1. The van der Waals surface area contributed by atoms with Gasteiger partial charge >= 0.3 is 5.97 Å². The SMILES string of the molecule is CC(CSN=O)C(=O)N1CCC[C@H]1C(=O)O.O. The summed E-state index contributed by atoms with van der Waals surface area (Å²) in [7, 11) is 0. The van der Waals surface area contributed by atoms with Crippen LogP contribution in [-0.4, -0.2) is 45.7 Å². The molecule has 0 aromatic carbocycles. The Balaban J connectivity index is 0.00000256. The quantitative estimate of drug-likeness (QED) is 0.565. The predicted molar refractivity (Wildman–Crippen MR) is 63.4 cm³/mol. The number of carboxylic acid groups (broad SMARTS) is 1. The Morgan fingerprint density at radius 3 is 2.76 bits per heavy atom. The van der Waals surface area contributed by atoms with Crippen LogP contribution in [0.5, 0.6) is 0 Å². The Hall–Kier alpha value is -1.15. The molecule has 7 nitrogen and oxygen atoms in total. The number of hydrogen-bond acceptors (Lipinski definition) is 5. The largest absolute Gasteiger partial charge is 0.480 e. The van der Waals surface area contributed by atoms with Crippen LogP contribution in [0.4, 0.5) is 0 Å². The Morgan fingerprint density at radius 2 is 2.24 bits per heavy atom. The van der Waals surface area contributed by atoms with Crippen molar-refractivity contribution in [3.05, 3.63) is 4.91 Å². The number of carboxylic acids is 1. The summed E-state index contributed by atoms with van der Waals surface area (Å²) in [5.74, 6) is -1.24. The molecule has 1 fully saturated rings. The van der Waals surface area contributed by atoms with Crippen molar-refractivity contribution in [3.8, 4) is 0 Å². The van der Waals surface area contributed by atoms with Crippen LogP contribution in [0, 0.1) is 10.8 Å². The number of likely N-dealkylation sites (tertiary alicyclic amines) is 1. The number of hydrogen-bond donors (Lipinski definition) is 1. The maximum absolute atomic E-state index is 11.9. The minimum atomic E-state index is -0.959. The highest BCUT2D eigenvalue weighted by molar-refractivity contribution is 7.97. The molecule has 1 aliphatic heterocycles. The van der Waals surface area contributed by atoms with E-state index in [4.69, 9.17) is 5.11 Å². The summed E-state index contributed by atoms with van der Waals surface area (Å²) >= 11 is 0.787. The second-order valence-corrected chi connectivity index (χ2v) is 4.54. The minimum Gasteiger partial charge on any atom is -0.480 e. The van der Waals surface area contributed by atoms with Gasteiger partial charge in [0.15, 0.2) is 0 Å². The van der Waals surface area contributed by atoms with Crippen molar-refractivity contribution >= 4 is 23.8 Å². The number of carbonyl (C=O) groups is 2. The lowest BCUT2D eigenvalue weighted by molar-refractivity contribution is -0.149. The number of carbonyl (C=O) groups excluding carboxylic acids is 1. The van der Waals surface area contributed by atoms with Crippen molar-refractivity contribution in [2.45, 2.75) is 25.8 Å². The van der Waals surface area contributed by atoms with Crippen LogP contribution in [0.1, 0.15) is 19.8 Å². The fourth-order valence-corrected chi connectivity index (χ4v) is 2.21. The lowest BCUT2D eigenvalue weighted by Crippen LogP contribution is -2.43. The van der Waals surface area contributed by atoms with Gasteiger partial charge in [0.1, 0.15) is 6.04 Å². The van der Waals surface area contributed by atoms with Gasteiger partial charge in [-0.3, -0.25) is 4.79 Å². The molecule has 1 rings (SSSR count). The Bertz CT molecular complexity index is 299. The molecule has 0 saturated carbocycles. The van der Waals surface area contributed by atoms with Crippen LogP contribution in [0.2, 0.25) is 0 Å². The Kier molecular flexibility index (Phi) is 6.74. The summed E-state index contributed by atoms with van der Waals surface area (Å²) in [6.07, 6.45) is 1.22. The van der Waals surface area contributed by atoms with Crippen molar-refractivity contribution in [3.63, 3.8) is 0 Å². The van der Waals surface area contributed by atoms with Crippen LogP contribution < -0.4 is 0 Å². The molecule has 0 aliphatic carbocycles. The lowest BCUT2D eigenvalue weighted by Gasteiger charge is -2.24. The first-order valence-corrected chi connectivity index (χ1v) is 6.00. The highest BCUT2D eigenvalue weighted by Crippen LogP contribution is 2.21. The first-order chi connectivity index (χ1) is 7.57. The molecule has 0 aromatic rings. The van der Waals surface area contributed by atoms with Crippen molar-refractivity contribution in [1.29, 1.82) is 0 Å². The summed E-state index contributed by atoms with van der Waals surface area (Å²) < 4.78 is 2.62. The third-order valence-corrected chi connectivity index (χ3v) is 3.37. The van der Waals surface area contributed by atoms with E-state index in [2.05, 4.69) is 4.58 Å². The van der Waals surface area contributed by atoms with Gasteiger partial charge in [0, 0.05) is 34.7 Å². The molecule has 1 aliphatic rings. The summed E-state index contributed by atoms with van der Waals surface area (Å²) in [5.41, 5.74) is 0. The van der Waals surface area contributed by atoms with Gasteiger partial charge in [-0.05, 0) is 12.8 Å². The topological polar surface area (TPSA) is 119 Å². The van der Waals surface area contributed by atoms with Crippen molar-refractivity contribution in [1.82, 2.24) is 4.90 Å². The first-order valence-electron chi connectivity index (χ1n) is 5.05. The molecule has 0 spiro atoms. The smallest absolute Gasteiger partial charge is 0.326 e. The number of rotatable bonds is 5. The first kappa shape index (κ1) is 15.9. The van der Waals surface area contributed by atoms with Crippen molar-refractivity contribution in [2.24, 2.45) is 10.5 Å². The van der Waals surface area contributed by atoms with Gasteiger partial charge < -0.3 is 15.5 Å². The van der Waals surface area contributed by atoms with E-state index in [0.29, 0.717) is 25.1 Å². The van der Waals surface area contributed by atoms with E-state index in [0.717, 1.165) is 11.9 Å². The molecule has 0 bridgehead atoms. The number of aliphatic carboxylic acids is 1. The van der Waals surface area contributed by atoms with E-state index in [1.807, 2.05) is 0 Å². The average molecular weight is 264 g/mol. The van der Waals surface area contributed by atoms with Crippen LogP contribution in [-0.2, 0) is 9.59 Å². The highest BCUT2D eigenvalue weighted by Gasteiger charge is 2.35. The normalized spacial score (nSPS) is 20.5. The molecule has 0 aromatic heterocycles. The van der Waals surface area contributed by atoms with E-state index in [1.165, 1.54) is 4.90 Å². The maximum Gasteiger partial charge on any atom is 0.326 e. The zero-order chi connectivity index (χ0) is 12.1. The van der Waals surface area contributed by atoms with Gasteiger partial charge in [-0.15, -0.1) is 4.91 Å². The van der Waals surface area contributed by atoms with Crippen LogP contribution >= 0.6 is 11.9 Å². The van der Waals surface area contributed by atoms with E-state index >= 15 is 0 Å². The third-order valence-electron chi connectivity index (χ3n) is 2.62. The van der Waals surface area contributed by atoms with Crippen LogP contribution in [0.15, 0.2) is 4.58 Å². The maximum atomic E-state index is 11.9. The highest BCUT2D eigenvalue weighted by atomic mass is 32.2. The second kappa shape index (κ2) is 7.23. The molecule has 3 N–H and O–H groups in total. The van der Waals surface area contributed by atoms with Gasteiger partial charge in [0.2, 0.25) is 5.91 Å². The number of nitrogens with zero attached hydrogens (tertiary/aromatic N) is 2. The fourth-order valence-electron chi connectivity index (χ4n) is 1.78. The van der Waals surface area contributed by atoms with Gasteiger partial charge in [-0.2, -0.15) is 0 Å². The monoisotopic (exact) mass is 264 g/mol. The number of nitroso groups, excluding NO2 is 1. The molecule has 8 heteroatoms. The van der Waals surface area contributed by atoms with E-state index < -0.39 is 12.0 Å². The lowest BCUT2D eigenvalue weighted by atomic mass is 10.1. The fraction of sp³-hybridized carbons (Fsp3) is 0.778. The zero-order valence-electron chi connectivity index (χ0n) is 9.46. The Morgan fingerprint density at radius 1 is 1.59 bits per heavy atom. The standard InChI is InChI=1S/C9H14N2O4S.H2O/c1-6(5-16-10-15)8(12)11-4-2-3-7(11)9(13)14;/h6-7H,2-5H2,1H3,(H,13,14);1H2/t6?,7-;/m0./s1. The summed E-state index contributed by atoms with van der Waals surface area (Å²) in [6, 6.07) is -0.704. The van der Waals surface area contributed by atoms with E-state index in [9.17, 15) is 14.5 Å². The molecular formula is C9H16N2O5S. The molecular weight excluding hydrogens is 248 g/mol. The van der Waals surface area contributed by atoms with E-state index in [-0.39, 0.29) is 17.3 Å². The van der Waals surface area contributed by atoms with Crippen molar-refractivity contribution < 1.29 is 20.2 Å². The van der Waals surface area contributed by atoms with Gasteiger partial charge in [-0.25, -0.2) is 4.79 Å². The van der Waals surface area contributed by atoms with Gasteiger partial charge in [0.25, 0.3) is 0 Å². The Labute approximate surface area is 103 Å². The molecule has 17 heavy (non-hydrogen) atoms. The van der Waals surface area contributed by atoms with Crippen molar-refractivity contribution in [2.75, 3.05) is 12.3 Å². The van der Waals surface area contributed by atoms with Crippen LogP contribution in [0.3, 0.4) is 0 Å². The predicted octanol–water partition coefficient (Wildman–Crippen LogP) is 0.288. The molecule has 1 unspecified atom stereocenters. The zero-order valence-corrected chi connectivity index (χ0v) is 10.3. The molecule has 1 heterocycles. The van der Waals surface area contributed by atoms with E-state index in [1.54, 1.807) is 6.92 Å². The summed E-state index contributed by atoms with van der Waals surface area (Å²) in [6.45, 7) is 2.16. The molecule has 1 amide bonds. The van der Waals surface area contributed by atoms with Gasteiger partial charge in [0.05, 0.1) is 0 Å². The molecule has 2 atom stereocenters. The molecule has 98 valence electrons. The second-order valence-electron chi connectivity index (χ2n) is 3.80. The summed E-state index contributed by atoms with van der Waals surface area (Å²) in [5, 5.41) is 8.92.